The van der Waals surface area contributed by atoms with Gasteiger partial charge in [0, 0.05) is 30.1 Å². The van der Waals surface area contributed by atoms with Crippen molar-refractivity contribution in [3.8, 4) is 0 Å². The Balaban J connectivity index is 2.41. The molecule has 2 N–H and O–H groups in total. The molecule has 23 heavy (non-hydrogen) atoms. The fraction of sp³-hybridized carbons (Fsp3) is 0.250. The minimum atomic E-state index is -0.448. The van der Waals surface area contributed by atoms with E-state index < -0.39 is 4.92 Å². The second kappa shape index (κ2) is 6.43. The zero-order chi connectivity index (χ0) is 17.1. The lowest BCUT2D eigenvalue weighted by molar-refractivity contribution is -0.384. The first-order chi connectivity index (χ1) is 10.8. The molecule has 2 aromatic rings. The summed E-state index contributed by atoms with van der Waals surface area (Å²) in [4.78, 5) is 26.1. The lowest BCUT2D eigenvalue weighted by Crippen LogP contribution is -2.09. The molecule has 1 aromatic heterocycles. The molecule has 7 heteroatoms. The average Bonchev–Trinajstić information content (AvgIpc) is 2.42. The van der Waals surface area contributed by atoms with Crippen LogP contribution < -0.4 is 10.6 Å². The Bertz CT molecular complexity index is 764. The molecule has 1 amide bonds. The van der Waals surface area contributed by atoms with Crippen LogP contribution in [-0.2, 0) is 4.79 Å². The second-order valence-electron chi connectivity index (χ2n) is 5.37. The third kappa shape index (κ3) is 3.63. The number of aryl methyl sites for hydroxylation is 3. The van der Waals surface area contributed by atoms with Crippen molar-refractivity contribution < 1.29 is 9.72 Å². The number of amides is 1. The number of aromatic nitrogens is 1. The Morgan fingerprint density at radius 3 is 2.30 bits per heavy atom. The molecule has 120 valence electrons. The summed E-state index contributed by atoms with van der Waals surface area (Å²) in [5.74, 6) is 0.0500. The highest BCUT2D eigenvalue weighted by molar-refractivity contribution is 5.91. The number of carbonyl (C=O) groups excluding carboxylic acids is 1. The van der Waals surface area contributed by atoms with Crippen LogP contribution in [0.1, 0.15) is 23.6 Å². The van der Waals surface area contributed by atoms with E-state index in [1.165, 1.54) is 13.1 Å². The maximum atomic E-state index is 11.2. The van der Waals surface area contributed by atoms with Gasteiger partial charge in [0.25, 0.3) is 0 Å². The molecule has 0 atom stereocenters. The molecule has 0 aliphatic heterocycles. The Kier molecular flexibility index (Phi) is 4.59. The van der Waals surface area contributed by atoms with E-state index in [1.807, 2.05) is 26.0 Å². The molecular formula is C16H18N4O3. The van der Waals surface area contributed by atoms with E-state index in [1.54, 1.807) is 13.0 Å². The number of anilines is 3. The Labute approximate surface area is 133 Å². The van der Waals surface area contributed by atoms with Gasteiger partial charge in [0.2, 0.25) is 11.7 Å². The van der Waals surface area contributed by atoms with E-state index in [9.17, 15) is 14.9 Å². The van der Waals surface area contributed by atoms with Gasteiger partial charge < -0.3 is 10.6 Å². The van der Waals surface area contributed by atoms with E-state index in [4.69, 9.17) is 0 Å². The highest BCUT2D eigenvalue weighted by Gasteiger charge is 2.19. The van der Waals surface area contributed by atoms with Crippen molar-refractivity contribution in [1.29, 1.82) is 0 Å². The Morgan fingerprint density at radius 1 is 1.17 bits per heavy atom. The highest BCUT2D eigenvalue weighted by atomic mass is 16.6. The minimum absolute atomic E-state index is 0.0475. The monoisotopic (exact) mass is 314 g/mol. The summed E-state index contributed by atoms with van der Waals surface area (Å²) in [6.07, 6.45) is 1.52. The largest absolute Gasteiger partial charge is 0.334 e. The van der Waals surface area contributed by atoms with E-state index in [2.05, 4.69) is 15.6 Å². The normalized spacial score (nSPS) is 10.3. The van der Waals surface area contributed by atoms with E-state index >= 15 is 0 Å². The molecule has 0 spiro atoms. The number of nitrogens with zero attached hydrogens (tertiary/aromatic N) is 2. The summed E-state index contributed by atoms with van der Waals surface area (Å²) in [6, 6.07) is 5.22. The van der Waals surface area contributed by atoms with Crippen molar-refractivity contribution in [3.63, 3.8) is 0 Å². The van der Waals surface area contributed by atoms with Crippen LogP contribution in [0.4, 0.5) is 22.9 Å². The summed E-state index contributed by atoms with van der Waals surface area (Å²) < 4.78 is 0. The first kappa shape index (κ1) is 16.4. The molecule has 0 aliphatic carbocycles. The van der Waals surface area contributed by atoms with Gasteiger partial charge >= 0.3 is 5.69 Å². The predicted molar refractivity (Wildman–Crippen MR) is 89.1 cm³/mol. The standard InChI is InChI=1S/C16H18N4O3/c1-9-5-6-17-16(15(9)20(22)23)19-13-7-10(2)14(11(3)8-13)18-12(4)21/h5-8H,1-4H3,(H,17,19)(H,18,21). The van der Waals surface area contributed by atoms with Crippen LogP contribution in [0.25, 0.3) is 0 Å². The van der Waals surface area contributed by atoms with Crippen LogP contribution in [0.15, 0.2) is 24.4 Å². The van der Waals surface area contributed by atoms with Crippen molar-refractivity contribution in [2.75, 3.05) is 10.6 Å². The van der Waals surface area contributed by atoms with Gasteiger partial charge in [-0.15, -0.1) is 0 Å². The minimum Gasteiger partial charge on any atom is -0.334 e. The fourth-order valence-corrected chi connectivity index (χ4v) is 2.42. The van der Waals surface area contributed by atoms with E-state index in [0.717, 1.165) is 16.8 Å². The zero-order valence-corrected chi connectivity index (χ0v) is 13.4. The molecule has 2 rings (SSSR count). The van der Waals surface area contributed by atoms with Crippen molar-refractivity contribution >= 4 is 28.8 Å². The van der Waals surface area contributed by atoms with Gasteiger partial charge in [-0.25, -0.2) is 4.98 Å². The van der Waals surface area contributed by atoms with Gasteiger partial charge in [-0.2, -0.15) is 0 Å². The average molecular weight is 314 g/mol. The molecule has 7 nitrogen and oxygen atoms in total. The van der Waals surface area contributed by atoms with Crippen LogP contribution in [0.2, 0.25) is 0 Å². The summed E-state index contributed by atoms with van der Waals surface area (Å²) in [5.41, 5.74) is 3.63. The third-order valence-corrected chi connectivity index (χ3v) is 3.41. The maximum absolute atomic E-state index is 11.2. The number of rotatable bonds is 4. The van der Waals surface area contributed by atoms with Gasteiger partial charge in [0.05, 0.1) is 4.92 Å². The third-order valence-electron chi connectivity index (χ3n) is 3.41. The summed E-state index contributed by atoms with van der Waals surface area (Å²) in [6.45, 7) is 6.84. The smallest absolute Gasteiger partial charge is 0.314 e. The van der Waals surface area contributed by atoms with Gasteiger partial charge in [0.1, 0.15) is 0 Å². The van der Waals surface area contributed by atoms with Crippen LogP contribution in [-0.4, -0.2) is 15.8 Å². The molecule has 0 bridgehead atoms. The molecule has 1 aromatic carbocycles. The molecule has 0 unspecified atom stereocenters. The predicted octanol–water partition coefficient (Wildman–Crippen LogP) is 3.62. The number of hydrogen-bond donors (Lipinski definition) is 2. The van der Waals surface area contributed by atoms with Gasteiger partial charge in [-0.3, -0.25) is 14.9 Å². The number of nitro groups is 1. The lowest BCUT2D eigenvalue weighted by atomic mass is 10.1. The number of carbonyl (C=O) groups is 1. The van der Waals surface area contributed by atoms with Gasteiger partial charge in [0.15, 0.2) is 0 Å². The summed E-state index contributed by atoms with van der Waals surface area (Å²) >= 11 is 0. The molecular weight excluding hydrogens is 296 g/mol. The van der Waals surface area contributed by atoms with Crippen LogP contribution in [0.5, 0.6) is 0 Å². The van der Waals surface area contributed by atoms with E-state index in [-0.39, 0.29) is 17.4 Å². The Hall–Kier alpha value is -2.96. The van der Waals surface area contributed by atoms with Crippen LogP contribution in [0, 0.1) is 30.9 Å². The highest BCUT2D eigenvalue weighted by Crippen LogP contribution is 2.31. The molecule has 0 aliphatic rings. The molecule has 0 fully saturated rings. The zero-order valence-electron chi connectivity index (χ0n) is 13.4. The number of hydrogen-bond acceptors (Lipinski definition) is 5. The number of pyridine rings is 1. The van der Waals surface area contributed by atoms with Crippen LogP contribution >= 0.6 is 0 Å². The Morgan fingerprint density at radius 2 is 1.78 bits per heavy atom. The SMILES string of the molecule is CC(=O)Nc1c(C)cc(Nc2nccc(C)c2[N+](=O)[O-])cc1C. The second-order valence-corrected chi connectivity index (χ2v) is 5.37. The first-order valence-electron chi connectivity index (χ1n) is 7.05. The first-order valence-corrected chi connectivity index (χ1v) is 7.05. The van der Waals surface area contributed by atoms with Gasteiger partial charge in [-0.1, -0.05) is 0 Å². The van der Waals surface area contributed by atoms with Crippen LogP contribution in [0.3, 0.4) is 0 Å². The quantitative estimate of drug-likeness (QED) is 0.663. The van der Waals surface area contributed by atoms with Gasteiger partial charge in [-0.05, 0) is 50.1 Å². The molecule has 0 radical (unpaired) electrons. The van der Waals surface area contributed by atoms with E-state index in [0.29, 0.717) is 11.3 Å². The fourth-order valence-electron chi connectivity index (χ4n) is 2.42. The maximum Gasteiger partial charge on any atom is 0.314 e. The molecule has 0 saturated carbocycles. The lowest BCUT2D eigenvalue weighted by Gasteiger charge is -2.14. The van der Waals surface area contributed by atoms with Crippen molar-refractivity contribution in [1.82, 2.24) is 4.98 Å². The summed E-state index contributed by atoms with van der Waals surface area (Å²) in [5, 5.41) is 17.0. The topological polar surface area (TPSA) is 97.2 Å². The van der Waals surface area contributed by atoms with Crippen molar-refractivity contribution in [2.45, 2.75) is 27.7 Å². The number of benzene rings is 1. The molecule has 1 heterocycles. The number of nitrogens with one attached hydrogen (secondary N) is 2. The van der Waals surface area contributed by atoms with Crippen molar-refractivity contribution in [2.24, 2.45) is 0 Å². The summed E-state index contributed by atoms with van der Waals surface area (Å²) in [7, 11) is 0. The van der Waals surface area contributed by atoms with Crippen molar-refractivity contribution in [3.05, 3.63) is 51.2 Å². The molecule has 0 saturated heterocycles.